The molecule has 0 aliphatic heterocycles. The molecular formula is C21H21N3O3. The quantitative estimate of drug-likeness (QED) is 0.694. The molecular weight excluding hydrogens is 342 g/mol. The highest BCUT2D eigenvalue weighted by Crippen LogP contribution is 2.25. The predicted molar refractivity (Wildman–Crippen MR) is 100 cm³/mol. The number of hydrogen-bond acceptors (Lipinski definition) is 4. The second-order valence-electron chi connectivity index (χ2n) is 6.00. The number of hydrogen-bond donors (Lipinski definition) is 1. The van der Waals surface area contributed by atoms with Crippen LogP contribution in [-0.2, 0) is 17.9 Å². The molecule has 0 fully saturated rings. The van der Waals surface area contributed by atoms with Gasteiger partial charge in [0.25, 0.3) is 5.91 Å². The number of rotatable bonds is 7. The molecule has 3 aromatic rings. The summed E-state index contributed by atoms with van der Waals surface area (Å²) in [5, 5.41) is 12.5. The molecule has 0 aliphatic rings. The van der Waals surface area contributed by atoms with Gasteiger partial charge in [-0.25, -0.2) is 0 Å². The maximum atomic E-state index is 12.8. The van der Waals surface area contributed by atoms with Crippen LogP contribution < -0.4 is 5.32 Å². The smallest absolute Gasteiger partial charge is 0.256 e. The van der Waals surface area contributed by atoms with Crippen molar-refractivity contribution in [3.63, 3.8) is 0 Å². The van der Waals surface area contributed by atoms with Crippen molar-refractivity contribution in [2.24, 2.45) is 0 Å². The van der Waals surface area contributed by atoms with Crippen molar-refractivity contribution in [3.05, 3.63) is 76.8 Å². The molecule has 1 aromatic carbocycles. The number of ether oxygens (including phenoxy) is 1. The first kappa shape index (κ1) is 18.5. The van der Waals surface area contributed by atoms with Gasteiger partial charge in [-0.1, -0.05) is 24.3 Å². The number of nitriles is 1. The SMILES string of the molecule is CCOCc1ccccc1CNC(=O)c1c(C)oc(-n2cccc2)c1C#N. The summed E-state index contributed by atoms with van der Waals surface area (Å²) in [6, 6.07) is 13.5. The number of aromatic nitrogens is 1. The lowest BCUT2D eigenvalue weighted by atomic mass is 10.1. The van der Waals surface area contributed by atoms with Crippen molar-refractivity contribution < 1.29 is 13.9 Å². The Bertz CT molecular complexity index is 965. The predicted octanol–water partition coefficient (Wildman–Crippen LogP) is 3.72. The second kappa shape index (κ2) is 8.39. The van der Waals surface area contributed by atoms with E-state index in [2.05, 4.69) is 11.4 Å². The van der Waals surface area contributed by atoms with Crippen LogP contribution in [0.25, 0.3) is 5.88 Å². The van der Waals surface area contributed by atoms with E-state index >= 15 is 0 Å². The average molecular weight is 363 g/mol. The number of benzene rings is 1. The lowest BCUT2D eigenvalue weighted by Gasteiger charge is -2.10. The van der Waals surface area contributed by atoms with Crippen LogP contribution in [0.4, 0.5) is 0 Å². The summed E-state index contributed by atoms with van der Waals surface area (Å²) in [5.74, 6) is 0.426. The van der Waals surface area contributed by atoms with Gasteiger partial charge in [0, 0.05) is 25.5 Å². The molecule has 6 heteroatoms. The normalized spacial score (nSPS) is 10.6. The largest absolute Gasteiger partial charge is 0.443 e. The van der Waals surface area contributed by atoms with E-state index in [0.29, 0.717) is 31.4 Å². The molecule has 2 aromatic heterocycles. The molecule has 1 amide bonds. The van der Waals surface area contributed by atoms with Gasteiger partial charge >= 0.3 is 0 Å². The van der Waals surface area contributed by atoms with Gasteiger partial charge in [0.15, 0.2) is 0 Å². The third-order valence-electron chi connectivity index (χ3n) is 4.26. The Kier molecular flexibility index (Phi) is 5.74. The minimum Gasteiger partial charge on any atom is -0.443 e. The Hall–Kier alpha value is -3.30. The maximum Gasteiger partial charge on any atom is 0.256 e. The first-order valence-corrected chi connectivity index (χ1v) is 8.75. The highest BCUT2D eigenvalue weighted by molar-refractivity contribution is 5.98. The fourth-order valence-electron chi connectivity index (χ4n) is 2.91. The van der Waals surface area contributed by atoms with E-state index < -0.39 is 0 Å². The molecule has 0 bridgehead atoms. The van der Waals surface area contributed by atoms with Crippen LogP contribution in [0.15, 0.2) is 53.2 Å². The molecule has 0 atom stereocenters. The van der Waals surface area contributed by atoms with E-state index in [-0.39, 0.29) is 17.0 Å². The number of amides is 1. The Morgan fingerprint density at radius 1 is 1.22 bits per heavy atom. The average Bonchev–Trinajstić information content (AvgIpc) is 3.32. The first-order valence-electron chi connectivity index (χ1n) is 8.75. The molecule has 0 spiro atoms. The number of carbonyl (C=O) groups is 1. The van der Waals surface area contributed by atoms with Gasteiger partial charge in [0.05, 0.1) is 6.61 Å². The monoisotopic (exact) mass is 363 g/mol. The molecule has 0 radical (unpaired) electrons. The number of carbonyl (C=O) groups excluding carboxylic acids is 1. The summed E-state index contributed by atoms with van der Waals surface area (Å²) in [4.78, 5) is 12.8. The van der Waals surface area contributed by atoms with Gasteiger partial charge in [-0.3, -0.25) is 9.36 Å². The minimum absolute atomic E-state index is 0.226. The number of nitrogens with one attached hydrogen (secondary N) is 1. The van der Waals surface area contributed by atoms with Gasteiger partial charge in [-0.15, -0.1) is 0 Å². The second-order valence-corrected chi connectivity index (χ2v) is 6.00. The molecule has 3 rings (SSSR count). The van der Waals surface area contributed by atoms with Crippen molar-refractivity contribution in [2.75, 3.05) is 6.61 Å². The van der Waals surface area contributed by atoms with E-state index in [1.54, 1.807) is 23.9 Å². The van der Waals surface area contributed by atoms with Crippen LogP contribution in [0.1, 0.15) is 39.7 Å². The van der Waals surface area contributed by atoms with Crippen LogP contribution in [0, 0.1) is 18.3 Å². The molecule has 2 heterocycles. The highest BCUT2D eigenvalue weighted by atomic mass is 16.5. The van der Waals surface area contributed by atoms with Crippen molar-refractivity contribution in [3.8, 4) is 12.0 Å². The van der Waals surface area contributed by atoms with Crippen molar-refractivity contribution in [2.45, 2.75) is 27.0 Å². The van der Waals surface area contributed by atoms with Crippen molar-refractivity contribution >= 4 is 5.91 Å². The Labute approximate surface area is 158 Å². The zero-order valence-corrected chi connectivity index (χ0v) is 15.4. The molecule has 1 N–H and O–H groups in total. The van der Waals surface area contributed by atoms with Crippen molar-refractivity contribution in [1.82, 2.24) is 9.88 Å². The molecule has 6 nitrogen and oxygen atoms in total. The molecule has 138 valence electrons. The number of aryl methyl sites for hydroxylation is 1. The molecule has 27 heavy (non-hydrogen) atoms. The Morgan fingerprint density at radius 3 is 2.59 bits per heavy atom. The van der Waals surface area contributed by atoms with E-state index in [0.717, 1.165) is 11.1 Å². The van der Waals surface area contributed by atoms with E-state index in [9.17, 15) is 10.1 Å². The standard InChI is InChI=1S/C21H21N3O3/c1-3-26-14-17-9-5-4-8-16(17)13-23-20(25)19-15(2)27-21(18(19)12-22)24-10-6-7-11-24/h4-11H,3,13-14H2,1-2H3,(H,23,25). The van der Waals surface area contributed by atoms with Crippen LogP contribution in [0.3, 0.4) is 0 Å². The summed E-state index contributed by atoms with van der Waals surface area (Å²) < 4.78 is 12.8. The highest BCUT2D eigenvalue weighted by Gasteiger charge is 2.24. The topological polar surface area (TPSA) is 80.2 Å². The lowest BCUT2D eigenvalue weighted by molar-refractivity contribution is 0.0948. The van der Waals surface area contributed by atoms with E-state index in [4.69, 9.17) is 9.15 Å². The summed E-state index contributed by atoms with van der Waals surface area (Å²) in [5.41, 5.74) is 2.49. The fraction of sp³-hybridized carbons (Fsp3) is 0.238. The number of nitrogens with zero attached hydrogens (tertiary/aromatic N) is 2. The fourth-order valence-corrected chi connectivity index (χ4v) is 2.91. The van der Waals surface area contributed by atoms with Crippen LogP contribution in [0.2, 0.25) is 0 Å². The third-order valence-corrected chi connectivity index (χ3v) is 4.26. The molecule has 0 saturated carbocycles. The van der Waals surface area contributed by atoms with Gasteiger partial charge in [0.2, 0.25) is 5.88 Å². The van der Waals surface area contributed by atoms with Gasteiger partial charge in [0.1, 0.15) is 23.0 Å². The van der Waals surface area contributed by atoms with Gasteiger partial charge in [-0.05, 0) is 37.1 Å². The van der Waals surface area contributed by atoms with E-state index in [1.807, 2.05) is 43.3 Å². The Morgan fingerprint density at radius 2 is 1.93 bits per heavy atom. The summed E-state index contributed by atoms with van der Waals surface area (Å²) in [6.45, 7) is 5.09. The number of furan rings is 1. The first-order chi connectivity index (χ1) is 13.2. The maximum absolute atomic E-state index is 12.8. The Balaban J connectivity index is 1.81. The van der Waals surface area contributed by atoms with Crippen LogP contribution >= 0.6 is 0 Å². The minimum atomic E-state index is -0.336. The third kappa shape index (κ3) is 3.94. The lowest BCUT2D eigenvalue weighted by Crippen LogP contribution is -2.24. The van der Waals surface area contributed by atoms with E-state index in [1.165, 1.54) is 0 Å². The van der Waals surface area contributed by atoms with Gasteiger partial charge < -0.3 is 14.5 Å². The summed E-state index contributed by atoms with van der Waals surface area (Å²) >= 11 is 0. The van der Waals surface area contributed by atoms with Crippen LogP contribution in [0.5, 0.6) is 0 Å². The molecule has 0 saturated heterocycles. The summed E-state index contributed by atoms with van der Waals surface area (Å²) in [6.07, 6.45) is 3.54. The summed E-state index contributed by atoms with van der Waals surface area (Å²) in [7, 11) is 0. The van der Waals surface area contributed by atoms with Crippen molar-refractivity contribution in [1.29, 1.82) is 5.26 Å². The molecule has 0 aliphatic carbocycles. The zero-order valence-electron chi connectivity index (χ0n) is 15.4. The molecule has 0 unspecified atom stereocenters. The zero-order chi connectivity index (χ0) is 19.2. The van der Waals surface area contributed by atoms with Gasteiger partial charge in [-0.2, -0.15) is 5.26 Å². The van der Waals surface area contributed by atoms with Crippen LogP contribution in [-0.4, -0.2) is 17.1 Å².